The van der Waals surface area contributed by atoms with E-state index >= 15 is 0 Å². The first-order valence-electron chi connectivity index (χ1n) is 5.68. The van der Waals surface area contributed by atoms with Crippen LogP contribution in [0.25, 0.3) is 0 Å². The number of carbonyl (C=O) groups is 2. The van der Waals surface area contributed by atoms with E-state index in [1.807, 2.05) is 0 Å². The maximum Gasteiger partial charge on any atom is 0.224 e. The molecule has 0 radical (unpaired) electrons. The van der Waals surface area contributed by atoms with Crippen LogP contribution in [0.5, 0.6) is 0 Å². The van der Waals surface area contributed by atoms with E-state index < -0.39 is 21.9 Å². The molecule has 0 rings (SSSR count). The van der Waals surface area contributed by atoms with Gasteiger partial charge in [-0.15, -0.1) is 6.58 Å². The Balaban J connectivity index is 5.12. The van der Waals surface area contributed by atoms with Gasteiger partial charge >= 0.3 is 0 Å². The number of carbonyl (C=O) groups excluding carboxylic acids is 2. The highest BCUT2D eigenvalue weighted by Gasteiger charge is 2.46. The molecule has 0 heterocycles. The molecule has 0 aromatic rings. The number of thioether (sulfide) groups is 2. The number of hydrogen-bond acceptors (Lipinski definition) is 6. The molecule has 0 spiro atoms. The molecular formula is C12H20O4S2. The van der Waals surface area contributed by atoms with Gasteiger partial charge in [-0.05, 0) is 18.4 Å². The Kier molecular flexibility index (Phi) is 7.86. The molecule has 0 aromatic heterocycles. The van der Waals surface area contributed by atoms with Gasteiger partial charge in [0.25, 0.3) is 0 Å². The minimum Gasteiger partial charge on any atom is -0.381 e. The van der Waals surface area contributed by atoms with Crippen molar-refractivity contribution in [2.45, 2.75) is 38.9 Å². The van der Waals surface area contributed by atoms with E-state index in [2.05, 4.69) is 6.58 Å². The Hall–Kier alpha value is -0.300. The molecule has 0 unspecified atom stereocenters. The Morgan fingerprint density at radius 1 is 1.28 bits per heavy atom. The molecule has 18 heavy (non-hydrogen) atoms. The van der Waals surface area contributed by atoms with Crippen LogP contribution in [-0.2, 0) is 9.59 Å². The fourth-order valence-corrected chi connectivity index (χ4v) is 2.75. The lowest BCUT2D eigenvalue weighted by Crippen LogP contribution is -2.51. The number of aliphatic hydroxyl groups excluding tert-OH is 1. The van der Waals surface area contributed by atoms with E-state index in [0.717, 1.165) is 23.5 Å². The van der Waals surface area contributed by atoms with Crippen LogP contribution in [-0.4, -0.2) is 43.7 Å². The highest BCUT2D eigenvalue weighted by atomic mass is 32.2. The Labute approximate surface area is 116 Å². The lowest BCUT2D eigenvalue weighted by Gasteiger charge is -2.30. The van der Waals surface area contributed by atoms with Crippen molar-refractivity contribution in [3.8, 4) is 0 Å². The van der Waals surface area contributed by atoms with Crippen LogP contribution in [0.15, 0.2) is 12.2 Å². The number of aliphatic hydroxyl groups is 2. The number of rotatable bonds is 7. The number of hydrogen-bond donors (Lipinski definition) is 2. The first-order chi connectivity index (χ1) is 8.29. The lowest BCUT2D eigenvalue weighted by molar-refractivity contribution is -0.148. The van der Waals surface area contributed by atoms with Crippen LogP contribution in [0, 0.1) is 0 Å². The van der Waals surface area contributed by atoms with Crippen molar-refractivity contribution in [3.63, 3.8) is 0 Å². The fraction of sp³-hybridized carbons (Fsp3) is 0.667. The molecule has 0 fully saturated rings. The minimum absolute atomic E-state index is 0.115. The van der Waals surface area contributed by atoms with Crippen molar-refractivity contribution in [1.29, 1.82) is 0 Å². The van der Waals surface area contributed by atoms with E-state index in [1.54, 1.807) is 20.8 Å². The van der Waals surface area contributed by atoms with Crippen molar-refractivity contribution >= 4 is 33.8 Å². The van der Waals surface area contributed by atoms with Gasteiger partial charge in [-0.1, -0.05) is 42.9 Å². The van der Waals surface area contributed by atoms with Gasteiger partial charge in [0.15, 0.2) is 11.7 Å². The Bertz CT molecular complexity index is 330. The highest BCUT2D eigenvalue weighted by molar-refractivity contribution is 8.14. The average Bonchev–Trinajstić information content (AvgIpc) is 2.27. The summed E-state index contributed by atoms with van der Waals surface area (Å²) in [4.78, 5) is 23.5. The van der Waals surface area contributed by atoms with Gasteiger partial charge in [-0.3, -0.25) is 9.59 Å². The SMILES string of the molecule is C=C(C)C[C@](O)(C(=O)SCC)[C@H](O)C(=O)SCC. The van der Waals surface area contributed by atoms with Gasteiger partial charge in [0.05, 0.1) is 0 Å². The predicted molar refractivity (Wildman–Crippen MR) is 76.7 cm³/mol. The summed E-state index contributed by atoms with van der Waals surface area (Å²) in [6.45, 7) is 8.78. The van der Waals surface area contributed by atoms with E-state index in [-0.39, 0.29) is 6.42 Å². The van der Waals surface area contributed by atoms with Crippen molar-refractivity contribution < 1.29 is 19.8 Å². The summed E-state index contributed by atoms with van der Waals surface area (Å²) in [5.74, 6) is 0.952. The van der Waals surface area contributed by atoms with E-state index in [4.69, 9.17) is 0 Å². The quantitative estimate of drug-likeness (QED) is 0.694. The maximum atomic E-state index is 11.9. The van der Waals surface area contributed by atoms with Gasteiger partial charge < -0.3 is 10.2 Å². The van der Waals surface area contributed by atoms with Crippen molar-refractivity contribution in [2.75, 3.05) is 11.5 Å². The summed E-state index contributed by atoms with van der Waals surface area (Å²) < 4.78 is 0. The predicted octanol–water partition coefficient (Wildman–Crippen LogP) is 1.60. The van der Waals surface area contributed by atoms with Crippen molar-refractivity contribution in [2.24, 2.45) is 0 Å². The molecule has 0 aliphatic heterocycles. The smallest absolute Gasteiger partial charge is 0.224 e. The van der Waals surface area contributed by atoms with E-state index in [0.29, 0.717) is 17.1 Å². The molecule has 104 valence electrons. The monoisotopic (exact) mass is 292 g/mol. The summed E-state index contributed by atoms with van der Waals surface area (Å²) in [5.41, 5.74) is -1.54. The molecule has 2 N–H and O–H groups in total. The first-order valence-corrected chi connectivity index (χ1v) is 7.65. The third-order valence-electron chi connectivity index (χ3n) is 2.16. The molecule has 0 bridgehead atoms. The topological polar surface area (TPSA) is 74.6 Å². The second-order valence-electron chi connectivity index (χ2n) is 3.93. The van der Waals surface area contributed by atoms with E-state index in [1.165, 1.54) is 0 Å². The molecule has 0 saturated heterocycles. The highest BCUT2D eigenvalue weighted by Crippen LogP contribution is 2.29. The molecule has 0 amide bonds. The van der Waals surface area contributed by atoms with Crippen molar-refractivity contribution in [1.82, 2.24) is 0 Å². The van der Waals surface area contributed by atoms with Crippen LogP contribution in [0.2, 0.25) is 0 Å². The van der Waals surface area contributed by atoms with Crippen LogP contribution in [0.3, 0.4) is 0 Å². The summed E-state index contributed by atoms with van der Waals surface area (Å²) >= 11 is 1.78. The minimum atomic E-state index is -2.08. The van der Waals surface area contributed by atoms with Gasteiger partial charge in [0.1, 0.15) is 0 Å². The molecule has 4 nitrogen and oxygen atoms in total. The molecule has 0 aliphatic carbocycles. The van der Waals surface area contributed by atoms with E-state index in [9.17, 15) is 19.8 Å². The second-order valence-corrected chi connectivity index (χ2v) is 6.44. The zero-order chi connectivity index (χ0) is 14.3. The van der Waals surface area contributed by atoms with Crippen molar-refractivity contribution in [3.05, 3.63) is 12.2 Å². The molecule has 0 aliphatic rings. The van der Waals surface area contributed by atoms with Gasteiger partial charge in [0, 0.05) is 6.42 Å². The van der Waals surface area contributed by atoms with Crippen LogP contribution in [0.4, 0.5) is 0 Å². The largest absolute Gasteiger partial charge is 0.381 e. The zero-order valence-corrected chi connectivity index (χ0v) is 12.6. The third kappa shape index (κ3) is 4.76. The normalized spacial score (nSPS) is 15.8. The van der Waals surface area contributed by atoms with Crippen LogP contribution >= 0.6 is 23.5 Å². The molecular weight excluding hydrogens is 272 g/mol. The fourth-order valence-electron chi connectivity index (χ4n) is 1.41. The third-order valence-corrected chi connectivity index (χ3v) is 3.86. The Morgan fingerprint density at radius 3 is 2.17 bits per heavy atom. The molecule has 0 saturated carbocycles. The van der Waals surface area contributed by atoms with Crippen LogP contribution < -0.4 is 0 Å². The standard InChI is InChI=1S/C12H20O4S2/c1-5-17-10(14)9(13)12(16,7-8(3)4)11(15)18-6-2/h9,13,16H,3,5-7H2,1-2,4H3/t9-,12-/m1/s1. The summed E-state index contributed by atoms with van der Waals surface area (Å²) in [7, 11) is 0. The Morgan fingerprint density at radius 2 is 1.78 bits per heavy atom. The van der Waals surface area contributed by atoms with Gasteiger partial charge in [0.2, 0.25) is 10.2 Å². The summed E-state index contributed by atoms with van der Waals surface area (Å²) in [6, 6.07) is 0. The summed E-state index contributed by atoms with van der Waals surface area (Å²) in [6.07, 6.45) is -1.83. The zero-order valence-electron chi connectivity index (χ0n) is 10.9. The molecule has 2 atom stereocenters. The van der Waals surface area contributed by atoms with Crippen LogP contribution in [0.1, 0.15) is 27.2 Å². The molecule has 0 aromatic carbocycles. The molecule has 6 heteroatoms. The van der Waals surface area contributed by atoms with Gasteiger partial charge in [-0.2, -0.15) is 0 Å². The maximum absolute atomic E-state index is 11.9. The summed E-state index contributed by atoms with van der Waals surface area (Å²) in [5, 5.41) is 19.1. The average molecular weight is 292 g/mol. The van der Waals surface area contributed by atoms with Gasteiger partial charge in [-0.25, -0.2) is 0 Å². The lowest BCUT2D eigenvalue weighted by atomic mass is 9.91. The first kappa shape index (κ1) is 17.7. The second kappa shape index (κ2) is 7.99.